The largest absolute Gasteiger partial charge is 0.324 e. The van der Waals surface area contributed by atoms with Crippen LogP contribution in [0.25, 0.3) is 0 Å². The van der Waals surface area contributed by atoms with Crippen LogP contribution in [0.2, 0.25) is 0 Å². The molecule has 0 aromatic heterocycles. The van der Waals surface area contributed by atoms with E-state index in [1.54, 1.807) is 0 Å². The smallest absolute Gasteiger partial charge is 0.0326 e. The zero-order valence-electron chi connectivity index (χ0n) is 13.1. The Morgan fingerprint density at radius 2 is 1.22 bits per heavy atom. The average molecular weight is 247 g/mol. The lowest BCUT2D eigenvalue weighted by Crippen LogP contribution is -2.22. The Hall–Kier alpha value is -0.820. The quantitative estimate of drug-likeness (QED) is 0.822. The highest BCUT2D eigenvalue weighted by atomic mass is 14.7. The summed E-state index contributed by atoms with van der Waals surface area (Å²) in [6, 6.07) is 0.169. The van der Waals surface area contributed by atoms with Gasteiger partial charge < -0.3 is 5.73 Å². The van der Waals surface area contributed by atoms with Crippen LogP contribution in [0.5, 0.6) is 0 Å². The minimum atomic E-state index is 0.169. The number of benzene rings is 1. The lowest BCUT2D eigenvalue weighted by atomic mass is 9.82. The molecule has 0 fully saturated rings. The third-order valence-electron chi connectivity index (χ3n) is 4.75. The van der Waals surface area contributed by atoms with Crippen molar-refractivity contribution in [1.82, 2.24) is 0 Å². The van der Waals surface area contributed by atoms with Gasteiger partial charge in [-0.2, -0.15) is 0 Å². The maximum absolute atomic E-state index is 6.51. The first kappa shape index (κ1) is 15.2. The van der Waals surface area contributed by atoms with Gasteiger partial charge in [-0.15, -0.1) is 0 Å². The van der Waals surface area contributed by atoms with E-state index in [-0.39, 0.29) is 6.04 Å². The number of hydrogen-bond donors (Lipinski definition) is 1. The molecule has 2 atom stereocenters. The third-order valence-corrected chi connectivity index (χ3v) is 4.75. The van der Waals surface area contributed by atoms with Gasteiger partial charge in [0.1, 0.15) is 0 Å². The second kappa shape index (κ2) is 5.88. The van der Waals surface area contributed by atoms with Crippen molar-refractivity contribution in [3.05, 3.63) is 33.4 Å². The van der Waals surface area contributed by atoms with Gasteiger partial charge in [0, 0.05) is 6.04 Å². The van der Waals surface area contributed by atoms with Gasteiger partial charge in [-0.05, 0) is 80.3 Å². The van der Waals surface area contributed by atoms with Crippen LogP contribution in [0.15, 0.2) is 0 Å². The summed E-state index contributed by atoms with van der Waals surface area (Å²) in [7, 11) is 0. The molecule has 2 N–H and O–H groups in total. The highest BCUT2D eigenvalue weighted by molar-refractivity contribution is 5.50. The van der Waals surface area contributed by atoms with E-state index in [2.05, 4.69) is 48.5 Å². The molecular weight excluding hydrogens is 218 g/mol. The summed E-state index contributed by atoms with van der Waals surface area (Å²) in [5.41, 5.74) is 14.9. The fourth-order valence-corrected chi connectivity index (χ4v) is 2.95. The molecule has 0 aliphatic heterocycles. The van der Waals surface area contributed by atoms with Gasteiger partial charge in [0.25, 0.3) is 0 Å². The lowest BCUT2D eigenvalue weighted by Gasteiger charge is -2.27. The van der Waals surface area contributed by atoms with Gasteiger partial charge in [0.2, 0.25) is 0 Å². The Bertz CT molecular complexity index is 403. The fourth-order valence-electron chi connectivity index (χ4n) is 2.95. The monoisotopic (exact) mass is 247 g/mol. The van der Waals surface area contributed by atoms with E-state index in [4.69, 9.17) is 5.73 Å². The standard InChI is InChI=1S/C17H29N/c1-8-9-10(2)17(18)16-14(6)12(4)11(3)13(5)15(16)7/h10,17H,8-9,18H2,1-7H3. The van der Waals surface area contributed by atoms with Gasteiger partial charge in [-0.25, -0.2) is 0 Å². The van der Waals surface area contributed by atoms with Crippen LogP contribution in [-0.4, -0.2) is 0 Å². The van der Waals surface area contributed by atoms with E-state index in [0.29, 0.717) is 5.92 Å². The first-order valence-corrected chi connectivity index (χ1v) is 7.15. The summed E-state index contributed by atoms with van der Waals surface area (Å²) in [5.74, 6) is 0.550. The predicted molar refractivity (Wildman–Crippen MR) is 81.1 cm³/mol. The molecular formula is C17H29N. The second-order valence-corrected chi connectivity index (χ2v) is 5.83. The Morgan fingerprint density at radius 3 is 1.61 bits per heavy atom. The Morgan fingerprint density at radius 1 is 0.833 bits per heavy atom. The molecule has 0 aliphatic rings. The topological polar surface area (TPSA) is 26.0 Å². The van der Waals surface area contributed by atoms with Crippen molar-refractivity contribution in [2.75, 3.05) is 0 Å². The van der Waals surface area contributed by atoms with Crippen LogP contribution in [-0.2, 0) is 0 Å². The van der Waals surface area contributed by atoms with E-state index in [1.165, 1.54) is 46.2 Å². The highest BCUT2D eigenvalue weighted by Crippen LogP contribution is 2.33. The van der Waals surface area contributed by atoms with Gasteiger partial charge >= 0.3 is 0 Å². The average Bonchev–Trinajstić information content (AvgIpc) is 2.34. The van der Waals surface area contributed by atoms with E-state index < -0.39 is 0 Å². The Balaban J connectivity index is 3.32. The van der Waals surface area contributed by atoms with Crippen LogP contribution in [0.1, 0.15) is 66.1 Å². The predicted octanol–water partition coefficient (Wildman–Crippen LogP) is 4.66. The molecule has 18 heavy (non-hydrogen) atoms. The number of rotatable bonds is 4. The Kier molecular flexibility index (Phi) is 4.98. The van der Waals surface area contributed by atoms with Crippen LogP contribution in [0.3, 0.4) is 0 Å². The maximum atomic E-state index is 6.51. The molecule has 0 heterocycles. The molecule has 0 amide bonds. The SMILES string of the molecule is CCCC(C)C(N)c1c(C)c(C)c(C)c(C)c1C. The molecule has 102 valence electrons. The summed E-state index contributed by atoms with van der Waals surface area (Å²) < 4.78 is 0. The Labute approximate surface area is 113 Å². The lowest BCUT2D eigenvalue weighted by molar-refractivity contribution is 0.430. The van der Waals surface area contributed by atoms with E-state index in [1.807, 2.05) is 0 Å². The molecule has 1 aromatic carbocycles. The zero-order chi connectivity index (χ0) is 14.0. The first-order valence-electron chi connectivity index (χ1n) is 7.15. The molecule has 0 aliphatic carbocycles. The number of hydrogen-bond acceptors (Lipinski definition) is 1. The first-order chi connectivity index (χ1) is 8.32. The van der Waals surface area contributed by atoms with Crippen LogP contribution < -0.4 is 5.73 Å². The minimum Gasteiger partial charge on any atom is -0.324 e. The van der Waals surface area contributed by atoms with E-state index >= 15 is 0 Å². The molecule has 0 radical (unpaired) electrons. The number of nitrogens with two attached hydrogens (primary N) is 1. The molecule has 0 spiro atoms. The van der Waals surface area contributed by atoms with Gasteiger partial charge in [0.15, 0.2) is 0 Å². The summed E-state index contributed by atoms with van der Waals surface area (Å²) in [4.78, 5) is 0. The molecule has 2 unspecified atom stereocenters. The minimum absolute atomic E-state index is 0.169. The van der Waals surface area contributed by atoms with Crippen LogP contribution in [0, 0.1) is 40.5 Å². The van der Waals surface area contributed by atoms with Crippen molar-refractivity contribution in [2.45, 2.75) is 67.3 Å². The third kappa shape index (κ3) is 2.61. The summed E-state index contributed by atoms with van der Waals surface area (Å²) in [6.45, 7) is 15.6. The van der Waals surface area contributed by atoms with Gasteiger partial charge in [0.05, 0.1) is 0 Å². The molecule has 0 saturated heterocycles. The normalized spacial score (nSPS) is 14.7. The van der Waals surface area contributed by atoms with Crippen molar-refractivity contribution in [2.24, 2.45) is 11.7 Å². The van der Waals surface area contributed by atoms with Crippen molar-refractivity contribution in [1.29, 1.82) is 0 Å². The molecule has 0 bridgehead atoms. The summed E-state index contributed by atoms with van der Waals surface area (Å²) in [5, 5.41) is 0. The summed E-state index contributed by atoms with van der Waals surface area (Å²) >= 11 is 0. The van der Waals surface area contributed by atoms with Gasteiger partial charge in [-0.1, -0.05) is 20.3 Å². The van der Waals surface area contributed by atoms with Crippen molar-refractivity contribution in [3.8, 4) is 0 Å². The molecule has 1 rings (SSSR count). The summed E-state index contributed by atoms with van der Waals surface area (Å²) in [6.07, 6.45) is 2.41. The van der Waals surface area contributed by atoms with Crippen molar-refractivity contribution >= 4 is 0 Å². The van der Waals surface area contributed by atoms with Crippen molar-refractivity contribution in [3.63, 3.8) is 0 Å². The second-order valence-electron chi connectivity index (χ2n) is 5.83. The molecule has 1 nitrogen and oxygen atoms in total. The molecule has 1 aromatic rings. The van der Waals surface area contributed by atoms with Crippen LogP contribution in [0.4, 0.5) is 0 Å². The van der Waals surface area contributed by atoms with E-state index in [9.17, 15) is 0 Å². The zero-order valence-corrected chi connectivity index (χ0v) is 13.1. The van der Waals surface area contributed by atoms with Crippen LogP contribution >= 0.6 is 0 Å². The van der Waals surface area contributed by atoms with Crippen molar-refractivity contribution < 1.29 is 0 Å². The molecule has 1 heteroatoms. The molecule has 0 saturated carbocycles. The van der Waals surface area contributed by atoms with Gasteiger partial charge in [-0.3, -0.25) is 0 Å². The maximum Gasteiger partial charge on any atom is 0.0326 e. The van der Waals surface area contributed by atoms with E-state index in [0.717, 1.165) is 0 Å². The fraction of sp³-hybridized carbons (Fsp3) is 0.647. The highest BCUT2D eigenvalue weighted by Gasteiger charge is 2.21.